The predicted octanol–water partition coefficient (Wildman–Crippen LogP) is 3.30. The summed E-state index contributed by atoms with van der Waals surface area (Å²) in [5.74, 6) is 0.502. The lowest BCUT2D eigenvalue weighted by Crippen LogP contribution is -2.33. The van der Waals surface area contributed by atoms with Gasteiger partial charge in [-0.3, -0.25) is 9.98 Å². The zero-order chi connectivity index (χ0) is 17.3. The molecule has 5 nitrogen and oxygen atoms in total. The maximum Gasteiger partial charge on any atom is 0.188 e. The number of rotatable bonds is 14. The molecule has 5 heteroatoms. The predicted molar refractivity (Wildman–Crippen MR) is 101 cm³/mol. The highest BCUT2D eigenvalue weighted by atomic mass is 16.5. The number of aromatic nitrogens is 1. The van der Waals surface area contributed by atoms with Gasteiger partial charge in [-0.05, 0) is 25.0 Å². The molecule has 0 spiro atoms. The molecule has 0 atom stereocenters. The molecule has 0 bridgehead atoms. The average Bonchev–Trinajstić information content (AvgIpc) is 2.60. The molecule has 0 saturated heterocycles. The Morgan fingerprint density at radius 3 is 2.71 bits per heavy atom. The van der Waals surface area contributed by atoms with E-state index in [0.29, 0.717) is 12.5 Å². The minimum atomic E-state index is 0.502. The highest BCUT2D eigenvalue weighted by molar-refractivity contribution is 5.77. The van der Waals surface area contributed by atoms with Crippen molar-refractivity contribution < 1.29 is 4.74 Å². The molecule has 0 fully saturated rings. The first-order valence-corrected chi connectivity index (χ1v) is 9.34. The van der Waals surface area contributed by atoms with Gasteiger partial charge in [-0.15, -0.1) is 0 Å². The molecule has 0 saturated carbocycles. The number of nitrogens with zero attached hydrogens (tertiary/aromatic N) is 2. The van der Waals surface area contributed by atoms with Gasteiger partial charge in [0.2, 0.25) is 0 Å². The largest absolute Gasteiger partial charge is 0.381 e. The Bertz CT molecular complexity index is 423. The monoisotopic (exact) mass is 334 g/mol. The molecular weight excluding hydrogens is 300 g/mol. The molecule has 1 rings (SSSR count). The topological polar surface area (TPSA) is 72.5 Å². The van der Waals surface area contributed by atoms with Crippen LogP contribution in [0.15, 0.2) is 29.4 Å². The van der Waals surface area contributed by atoms with Crippen LogP contribution in [0.5, 0.6) is 0 Å². The van der Waals surface area contributed by atoms with Crippen molar-refractivity contribution in [1.29, 1.82) is 0 Å². The zero-order valence-electron chi connectivity index (χ0n) is 15.2. The maximum absolute atomic E-state index is 5.84. The van der Waals surface area contributed by atoms with Crippen molar-refractivity contribution in [1.82, 2.24) is 10.3 Å². The van der Waals surface area contributed by atoms with E-state index >= 15 is 0 Å². The fraction of sp³-hybridized carbons (Fsp3) is 0.684. The molecule has 1 heterocycles. The first kappa shape index (κ1) is 20.4. The van der Waals surface area contributed by atoms with Crippen LogP contribution in [0.25, 0.3) is 0 Å². The van der Waals surface area contributed by atoms with E-state index in [1.165, 1.54) is 38.5 Å². The third-order valence-electron chi connectivity index (χ3n) is 3.78. The number of hydrogen-bond acceptors (Lipinski definition) is 3. The van der Waals surface area contributed by atoms with Gasteiger partial charge in [-0.25, -0.2) is 0 Å². The molecule has 1 aromatic heterocycles. The average molecular weight is 335 g/mol. The van der Waals surface area contributed by atoms with Gasteiger partial charge < -0.3 is 15.8 Å². The van der Waals surface area contributed by atoms with Crippen LogP contribution in [0.4, 0.5) is 0 Å². The number of guanidine groups is 1. The molecule has 1 aromatic rings. The first-order valence-electron chi connectivity index (χ1n) is 9.34. The molecule has 0 aliphatic heterocycles. The Morgan fingerprint density at radius 2 is 1.92 bits per heavy atom. The minimum absolute atomic E-state index is 0.502. The van der Waals surface area contributed by atoms with Crippen LogP contribution in [-0.4, -0.2) is 37.2 Å². The summed E-state index contributed by atoms with van der Waals surface area (Å²) in [6, 6.07) is 5.92. The van der Waals surface area contributed by atoms with Crippen LogP contribution in [0, 0.1) is 0 Å². The minimum Gasteiger partial charge on any atom is -0.381 e. The Balaban J connectivity index is 1.89. The summed E-state index contributed by atoms with van der Waals surface area (Å²) in [6.45, 7) is 5.33. The molecule has 0 radical (unpaired) electrons. The summed E-state index contributed by atoms with van der Waals surface area (Å²) in [5, 5.41) is 3.11. The molecule has 0 unspecified atom stereocenters. The second-order valence-corrected chi connectivity index (χ2v) is 6.00. The van der Waals surface area contributed by atoms with Gasteiger partial charge in [0, 0.05) is 44.6 Å². The zero-order valence-corrected chi connectivity index (χ0v) is 15.2. The lowest BCUT2D eigenvalue weighted by atomic mass is 10.1. The van der Waals surface area contributed by atoms with Crippen molar-refractivity contribution >= 4 is 5.96 Å². The van der Waals surface area contributed by atoms with Crippen LogP contribution in [0.3, 0.4) is 0 Å². The number of pyridine rings is 1. The molecule has 0 aromatic carbocycles. The number of unbranched alkanes of at least 4 members (excludes halogenated alkanes) is 5. The normalized spacial score (nSPS) is 11.6. The van der Waals surface area contributed by atoms with E-state index in [0.717, 1.165) is 38.3 Å². The number of aliphatic imine (C=N–C) groups is 1. The molecule has 0 aliphatic carbocycles. The Kier molecular flexibility index (Phi) is 12.7. The van der Waals surface area contributed by atoms with Gasteiger partial charge in [0.15, 0.2) is 5.96 Å². The summed E-state index contributed by atoms with van der Waals surface area (Å²) in [7, 11) is 0. The summed E-state index contributed by atoms with van der Waals surface area (Å²) in [6.07, 6.45) is 11.4. The van der Waals surface area contributed by atoms with Crippen molar-refractivity contribution in [3.8, 4) is 0 Å². The fourth-order valence-electron chi connectivity index (χ4n) is 2.37. The maximum atomic E-state index is 5.84. The van der Waals surface area contributed by atoms with Gasteiger partial charge in [-0.2, -0.15) is 0 Å². The van der Waals surface area contributed by atoms with Gasteiger partial charge in [0.05, 0.1) is 0 Å². The van der Waals surface area contributed by atoms with Gasteiger partial charge in [-0.1, -0.05) is 45.1 Å². The van der Waals surface area contributed by atoms with E-state index in [-0.39, 0.29) is 0 Å². The fourth-order valence-corrected chi connectivity index (χ4v) is 2.37. The van der Waals surface area contributed by atoms with Crippen molar-refractivity contribution in [2.45, 2.75) is 58.3 Å². The summed E-state index contributed by atoms with van der Waals surface area (Å²) in [4.78, 5) is 8.58. The van der Waals surface area contributed by atoms with Crippen LogP contribution in [0.1, 0.15) is 57.6 Å². The SMILES string of the molecule is CCCCCCCCOCCCN=C(N)NCCc1ccccn1. The van der Waals surface area contributed by atoms with Crippen LogP contribution in [0.2, 0.25) is 0 Å². The number of hydrogen-bond donors (Lipinski definition) is 2. The Morgan fingerprint density at radius 1 is 1.12 bits per heavy atom. The highest BCUT2D eigenvalue weighted by Crippen LogP contribution is 2.04. The lowest BCUT2D eigenvalue weighted by molar-refractivity contribution is 0.129. The van der Waals surface area contributed by atoms with Gasteiger partial charge >= 0.3 is 0 Å². The van der Waals surface area contributed by atoms with E-state index < -0.39 is 0 Å². The molecule has 3 N–H and O–H groups in total. The lowest BCUT2D eigenvalue weighted by Gasteiger charge is -2.06. The van der Waals surface area contributed by atoms with Crippen molar-refractivity contribution in [2.75, 3.05) is 26.3 Å². The van der Waals surface area contributed by atoms with E-state index in [1.807, 2.05) is 18.2 Å². The van der Waals surface area contributed by atoms with Crippen LogP contribution in [-0.2, 0) is 11.2 Å². The number of nitrogens with two attached hydrogens (primary N) is 1. The van der Waals surface area contributed by atoms with E-state index in [1.54, 1.807) is 6.20 Å². The molecule has 136 valence electrons. The summed E-state index contributed by atoms with van der Waals surface area (Å²) in [5.41, 5.74) is 6.89. The molecule has 0 amide bonds. The second kappa shape index (κ2) is 14.9. The van der Waals surface area contributed by atoms with Crippen LogP contribution >= 0.6 is 0 Å². The van der Waals surface area contributed by atoms with Gasteiger partial charge in [0.1, 0.15) is 0 Å². The van der Waals surface area contributed by atoms with Crippen LogP contribution < -0.4 is 11.1 Å². The quantitative estimate of drug-likeness (QED) is 0.311. The van der Waals surface area contributed by atoms with E-state index in [2.05, 4.69) is 22.2 Å². The highest BCUT2D eigenvalue weighted by Gasteiger charge is 1.95. The number of ether oxygens (including phenoxy) is 1. The van der Waals surface area contributed by atoms with E-state index in [4.69, 9.17) is 10.5 Å². The summed E-state index contributed by atoms with van der Waals surface area (Å²) < 4.78 is 5.62. The van der Waals surface area contributed by atoms with E-state index in [9.17, 15) is 0 Å². The smallest absolute Gasteiger partial charge is 0.188 e. The first-order chi connectivity index (χ1) is 11.8. The van der Waals surface area contributed by atoms with Crippen molar-refractivity contribution in [3.05, 3.63) is 30.1 Å². The Hall–Kier alpha value is -1.62. The van der Waals surface area contributed by atoms with Gasteiger partial charge in [0.25, 0.3) is 0 Å². The molecule has 24 heavy (non-hydrogen) atoms. The summed E-state index contributed by atoms with van der Waals surface area (Å²) >= 11 is 0. The number of nitrogens with one attached hydrogen (secondary N) is 1. The van der Waals surface area contributed by atoms with Crippen molar-refractivity contribution in [3.63, 3.8) is 0 Å². The molecular formula is C19H34N4O. The standard InChI is InChI=1S/C19H34N4O/c1-2-3-4-5-6-9-16-24-17-10-14-22-19(20)23-15-12-18-11-7-8-13-21-18/h7-8,11,13H,2-6,9-10,12,14-17H2,1H3,(H3,20,22,23). The second-order valence-electron chi connectivity index (χ2n) is 6.00. The van der Waals surface area contributed by atoms with Crippen molar-refractivity contribution in [2.24, 2.45) is 10.7 Å². The third-order valence-corrected chi connectivity index (χ3v) is 3.78. The third kappa shape index (κ3) is 11.9. The Labute approximate surface area is 147 Å². The molecule has 0 aliphatic rings.